The van der Waals surface area contributed by atoms with Crippen LogP contribution in [0.25, 0.3) is 6.08 Å². The molecule has 0 aliphatic carbocycles. The monoisotopic (exact) mass is 434 g/mol. The SMILES string of the molecule is O=C(COc1ccc(Cl)cc1)NCCN1C(=O)S/C(=C/c2ccc(F)cc2)C1=O. The molecule has 0 bridgehead atoms. The van der Waals surface area contributed by atoms with Crippen LogP contribution in [0.1, 0.15) is 5.56 Å². The van der Waals surface area contributed by atoms with Crippen molar-refractivity contribution in [3.05, 3.63) is 69.8 Å². The number of carbonyl (C=O) groups is 3. The zero-order chi connectivity index (χ0) is 20.8. The molecule has 6 nitrogen and oxygen atoms in total. The van der Waals surface area contributed by atoms with Crippen molar-refractivity contribution in [3.63, 3.8) is 0 Å². The van der Waals surface area contributed by atoms with Gasteiger partial charge in [-0.25, -0.2) is 4.39 Å². The number of amides is 3. The number of hydrogen-bond acceptors (Lipinski definition) is 5. The highest BCUT2D eigenvalue weighted by atomic mass is 35.5. The second kappa shape index (κ2) is 9.58. The first-order chi connectivity index (χ1) is 13.9. The van der Waals surface area contributed by atoms with E-state index in [2.05, 4.69) is 5.32 Å². The molecule has 2 aromatic rings. The molecule has 1 aliphatic rings. The van der Waals surface area contributed by atoms with Crippen LogP contribution in [0.2, 0.25) is 5.02 Å². The van der Waals surface area contributed by atoms with Gasteiger partial charge < -0.3 is 10.1 Å². The lowest BCUT2D eigenvalue weighted by molar-refractivity contribution is -0.125. The van der Waals surface area contributed by atoms with E-state index in [1.165, 1.54) is 30.3 Å². The van der Waals surface area contributed by atoms with Crippen molar-refractivity contribution >= 4 is 46.5 Å². The minimum Gasteiger partial charge on any atom is -0.484 e. The third kappa shape index (κ3) is 5.82. The van der Waals surface area contributed by atoms with E-state index in [0.29, 0.717) is 16.3 Å². The number of rotatable bonds is 7. The Hall–Kier alpha value is -2.84. The number of imide groups is 1. The van der Waals surface area contributed by atoms with Gasteiger partial charge in [0.05, 0.1) is 4.91 Å². The van der Waals surface area contributed by atoms with Crippen molar-refractivity contribution in [3.8, 4) is 5.75 Å². The van der Waals surface area contributed by atoms with Crippen LogP contribution in [-0.2, 0) is 9.59 Å². The molecular weight excluding hydrogens is 419 g/mol. The summed E-state index contributed by atoms with van der Waals surface area (Å²) in [6, 6.07) is 12.2. The summed E-state index contributed by atoms with van der Waals surface area (Å²) in [4.78, 5) is 37.6. The molecule has 3 amide bonds. The summed E-state index contributed by atoms with van der Waals surface area (Å²) in [5.41, 5.74) is 0.615. The number of halogens is 2. The Morgan fingerprint density at radius 1 is 1.14 bits per heavy atom. The number of ether oxygens (including phenoxy) is 1. The lowest BCUT2D eigenvalue weighted by Gasteiger charge is -2.13. The molecule has 1 aliphatic heterocycles. The predicted molar refractivity (Wildman–Crippen MR) is 109 cm³/mol. The van der Waals surface area contributed by atoms with E-state index in [1.807, 2.05) is 0 Å². The molecule has 0 spiro atoms. The van der Waals surface area contributed by atoms with Crippen LogP contribution in [0.4, 0.5) is 9.18 Å². The van der Waals surface area contributed by atoms with E-state index in [4.69, 9.17) is 16.3 Å². The summed E-state index contributed by atoms with van der Waals surface area (Å²) in [5, 5.41) is 2.74. The van der Waals surface area contributed by atoms with Crippen molar-refractivity contribution in [1.82, 2.24) is 10.2 Å². The van der Waals surface area contributed by atoms with E-state index < -0.39 is 11.1 Å². The Kier molecular flexibility index (Phi) is 6.90. The Labute approximate surface area is 175 Å². The van der Waals surface area contributed by atoms with Crippen molar-refractivity contribution in [1.29, 1.82) is 0 Å². The summed E-state index contributed by atoms with van der Waals surface area (Å²) >= 11 is 6.58. The number of hydrogen-bond donors (Lipinski definition) is 1. The van der Waals surface area contributed by atoms with E-state index in [9.17, 15) is 18.8 Å². The van der Waals surface area contributed by atoms with E-state index >= 15 is 0 Å². The molecule has 2 aromatic carbocycles. The fraction of sp³-hybridized carbons (Fsp3) is 0.150. The molecule has 150 valence electrons. The third-order valence-electron chi connectivity index (χ3n) is 3.88. The fourth-order valence-corrected chi connectivity index (χ4v) is 3.43. The first-order valence-electron chi connectivity index (χ1n) is 8.58. The fourth-order valence-electron chi connectivity index (χ4n) is 2.44. The summed E-state index contributed by atoms with van der Waals surface area (Å²) in [5.74, 6) is -0.711. The van der Waals surface area contributed by atoms with Crippen molar-refractivity contribution in [2.24, 2.45) is 0 Å². The molecule has 1 saturated heterocycles. The highest BCUT2D eigenvalue weighted by Crippen LogP contribution is 2.31. The number of nitrogens with zero attached hydrogens (tertiary/aromatic N) is 1. The Morgan fingerprint density at radius 2 is 1.83 bits per heavy atom. The minimum atomic E-state index is -0.448. The molecule has 0 saturated carbocycles. The standard InChI is InChI=1S/C20H16ClFN2O4S/c21-14-3-7-16(8-4-14)28-12-18(25)23-9-10-24-19(26)17(29-20(24)27)11-13-1-5-15(22)6-2-13/h1-8,11H,9-10,12H2,(H,23,25)/b17-11+. The lowest BCUT2D eigenvalue weighted by atomic mass is 10.2. The largest absolute Gasteiger partial charge is 0.484 e. The molecule has 3 rings (SSSR count). The Morgan fingerprint density at radius 3 is 2.52 bits per heavy atom. The van der Waals surface area contributed by atoms with E-state index in [0.717, 1.165) is 16.7 Å². The van der Waals surface area contributed by atoms with Gasteiger partial charge in [0.25, 0.3) is 17.1 Å². The second-order valence-electron chi connectivity index (χ2n) is 5.98. The van der Waals surface area contributed by atoms with Crippen LogP contribution in [0.15, 0.2) is 53.4 Å². The van der Waals surface area contributed by atoms with Crippen LogP contribution in [0, 0.1) is 5.82 Å². The van der Waals surface area contributed by atoms with Crippen LogP contribution in [0.5, 0.6) is 5.75 Å². The van der Waals surface area contributed by atoms with Crippen molar-refractivity contribution in [2.45, 2.75) is 0 Å². The van der Waals surface area contributed by atoms with Gasteiger partial charge in [-0.15, -0.1) is 0 Å². The smallest absolute Gasteiger partial charge is 0.293 e. The molecule has 0 aromatic heterocycles. The van der Waals surface area contributed by atoms with E-state index in [1.54, 1.807) is 24.3 Å². The third-order valence-corrected chi connectivity index (χ3v) is 5.04. The van der Waals surface area contributed by atoms with Crippen LogP contribution < -0.4 is 10.1 Å². The summed E-state index contributed by atoms with van der Waals surface area (Å²) in [7, 11) is 0. The summed E-state index contributed by atoms with van der Waals surface area (Å²) in [6.45, 7) is -0.0587. The Bertz CT molecular complexity index is 948. The average molecular weight is 435 g/mol. The van der Waals surface area contributed by atoms with Crippen LogP contribution in [-0.4, -0.2) is 41.6 Å². The summed E-state index contributed by atoms with van der Waals surface area (Å²) < 4.78 is 18.3. The molecular formula is C20H16ClFN2O4S. The molecule has 1 heterocycles. The van der Waals surface area contributed by atoms with Gasteiger partial charge >= 0.3 is 0 Å². The van der Waals surface area contributed by atoms with Gasteiger partial charge in [-0.3, -0.25) is 19.3 Å². The van der Waals surface area contributed by atoms with Crippen molar-refractivity contribution < 1.29 is 23.5 Å². The second-order valence-corrected chi connectivity index (χ2v) is 7.41. The van der Waals surface area contributed by atoms with Crippen molar-refractivity contribution in [2.75, 3.05) is 19.7 Å². The number of carbonyl (C=O) groups excluding carboxylic acids is 3. The summed E-state index contributed by atoms with van der Waals surface area (Å²) in [6.07, 6.45) is 1.53. The van der Waals surface area contributed by atoms with Gasteiger partial charge in [0.15, 0.2) is 6.61 Å². The first-order valence-corrected chi connectivity index (χ1v) is 9.78. The number of thioether (sulfide) groups is 1. The van der Waals surface area contributed by atoms with Gasteiger partial charge in [-0.1, -0.05) is 23.7 Å². The highest BCUT2D eigenvalue weighted by molar-refractivity contribution is 8.18. The molecule has 1 N–H and O–H groups in total. The minimum absolute atomic E-state index is 0.0398. The molecule has 0 unspecified atom stereocenters. The topological polar surface area (TPSA) is 75.7 Å². The van der Waals surface area contributed by atoms with Gasteiger partial charge in [-0.05, 0) is 59.8 Å². The number of nitrogens with one attached hydrogen (secondary N) is 1. The maximum absolute atomic E-state index is 13.0. The maximum Gasteiger partial charge on any atom is 0.293 e. The van der Waals surface area contributed by atoms with Gasteiger partial charge in [0, 0.05) is 18.1 Å². The molecule has 29 heavy (non-hydrogen) atoms. The molecule has 9 heteroatoms. The first kappa shape index (κ1) is 20.9. The number of benzene rings is 2. The molecule has 0 radical (unpaired) electrons. The van der Waals surface area contributed by atoms with Gasteiger partial charge in [-0.2, -0.15) is 0 Å². The normalized spacial score (nSPS) is 15.1. The zero-order valence-corrected chi connectivity index (χ0v) is 16.6. The highest BCUT2D eigenvalue weighted by Gasteiger charge is 2.34. The molecule has 1 fully saturated rings. The van der Waals surface area contributed by atoms with Gasteiger partial charge in [0.2, 0.25) is 0 Å². The average Bonchev–Trinajstić information content (AvgIpc) is 2.96. The van der Waals surface area contributed by atoms with Crippen LogP contribution in [0.3, 0.4) is 0 Å². The van der Waals surface area contributed by atoms with E-state index in [-0.39, 0.29) is 36.3 Å². The maximum atomic E-state index is 13.0. The Balaban J connectivity index is 1.47. The quantitative estimate of drug-likeness (QED) is 0.672. The molecule has 0 atom stereocenters. The predicted octanol–water partition coefficient (Wildman–Crippen LogP) is 3.71. The van der Waals surface area contributed by atoms with Gasteiger partial charge in [0.1, 0.15) is 11.6 Å². The van der Waals surface area contributed by atoms with Crippen LogP contribution >= 0.6 is 23.4 Å². The zero-order valence-electron chi connectivity index (χ0n) is 15.1. The lowest BCUT2D eigenvalue weighted by Crippen LogP contribution is -2.38.